The molecule has 0 fully saturated rings. The first-order chi connectivity index (χ1) is 8.58. The summed E-state index contributed by atoms with van der Waals surface area (Å²) in [6.45, 7) is 0. The first-order valence-electron chi connectivity index (χ1n) is 5.58. The SMILES string of the molecule is NC(=O)O[C@@H]1CCc2ccccc2[C@@H]1OC(N)=O. The number of rotatable bonds is 2. The van der Waals surface area contributed by atoms with Crippen LogP contribution in [0.25, 0.3) is 0 Å². The van der Waals surface area contributed by atoms with Crippen LogP contribution in [0.15, 0.2) is 24.3 Å². The van der Waals surface area contributed by atoms with Gasteiger partial charge in [0.1, 0.15) is 6.10 Å². The fourth-order valence-corrected chi connectivity index (χ4v) is 2.22. The Morgan fingerprint density at radius 2 is 1.78 bits per heavy atom. The van der Waals surface area contributed by atoms with Crippen molar-refractivity contribution >= 4 is 12.2 Å². The third-order valence-electron chi connectivity index (χ3n) is 2.91. The molecule has 18 heavy (non-hydrogen) atoms. The number of aryl methyl sites for hydroxylation is 1. The van der Waals surface area contributed by atoms with Crippen LogP contribution in [0, 0.1) is 0 Å². The molecule has 96 valence electrons. The van der Waals surface area contributed by atoms with Gasteiger partial charge in [-0.3, -0.25) is 0 Å². The molecule has 2 amide bonds. The second-order valence-electron chi connectivity index (χ2n) is 4.07. The molecule has 1 aromatic rings. The van der Waals surface area contributed by atoms with Crippen LogP contribution in [0.2, 0.25) is 0 Å². The Morgan fingerprint density at radius 3 is 2.44 bits per heavy atom. The summed E-state index contributed by atoms with van der Waals surface area (Å²) in [6.07, 6.45) is -1.82. The molecule has 2 rings (SSSR count). The first kappa shape index (κ1) is 12.2. The van der Waals surface area contributed by atoms with E-state index in [1.54, 1.807) is 0 Å². The Labute approximate surface area is 104 Å². The van der Waals surface area contributed by atoms with Crippen LogP contribution < -0.4 is 11.5 Å². The number of benzene rings is 1. The van der Waals surface area contributed by atoms with Crippen LogP contribution in [0.4, 0.5) is 9.59 Å². The maximum atomic E-state index is 10.9. The van der Waals surface area contributed by atoms with E-state index >= 15 is 0 Å². The normalized spacial score (nSPS) is 21.8. The third-order valence-corrected chi connectivity index (χ3v) is 2.91. The summed E-state index contributed by atoms with van der Waals surface area (Å²) in [5.41, 5.74) is 11.9. The molecule has 0 saturated heterocycles. The van der Waals surface area contributed by atoms with Crippen LogP contribution in [-0.4, -0.2) is 18.3 Å². The van der Waals surface area contributed by atoms with Crippen LogP contribution >= 0.6 is 0 Å². The van der Waals surface area contributed by atoms with Gasteiger partial charge in [0.05, 0.1) is 0 Å². The van der Waals surface area contributed by atoms with Crippen LogP contribution in [0.3, 0.4) is 0 Å². The largest absolute Gasteiger partial charge is 0.442 e. The van der Waals surface area contributed by atoms with E-state index in [0.717, 1.165) is 17.5 Å². The van der Waals surface area contributed by atoms with E-state index in [0.29, 0.717) is 6.42 Å². The number of nitrogens with two attached hydrogens (primary N) is 2. The van der Waals surface area contributed by atoms with Gasteiger partial charge < -0.3 is 20.9 Å². The minimum absolute atomic E-state index is 0.540. The molecule has 2 atom stereocenters. The highest BCUT2D eigenvalue weighted by atomic mass is 16.6. The van der Waals surface area contributed by atoms with E-state index in [2.05, 4.69) is 0 Å². The molecule has 0 saturated carbocycles. The first-order valence-corrected chi connectivity index (χ1v) is 5.58. The van der Waals surface area contributed by atoms with Gasteiger partial charge in [-0.25, -0.2) is 9.59 Å². The van der Waals surface area contributed by atoms with Gasteiger partial charge in [0.25, 0.3) is 0 Å². The summed E-state index contributed by atoms with van der Waals surface area (Å²) >= 11 is 0. The lowest BCUT2D eigenvalue weighted by Crippen LogP contribution is -2.35. The molecule has 6 heteroatoms. The molecule has 0 aliphatic heterocycles. The number of carbonyl (C=O) groups excluding carboxylic acids is 2. The van der Waals surface area contributed by atoms with Crippen LogP contribution in [0.1, 0.15) is 23.7 Å². The number of carbonyl (C=O) groups is 2. The van der Waals surface area contributed by atoms with Gasteiger partial charge in [0, 0.05) is 0 Å². The van der Waals surface area contributed by atoms with E-state index in [4.69, 9.17) is 20.9 Å². The molecule has 1 aliphatic rings. The molecule has 0 unspecified atom stereocenters. The van der Waals surface area contributed by atoms with Crippen molar-refractivity contribution in [1.29, 1.82) is 0 Å². The standard InChI is InChI=1S/C12H14N2O4/c13-11(15)17-9-6-5-7-3-1-2-4-8(7)10(9)18-12(14)16/h1-4,9-10H,5-6H2,(H2,13,15)(H2,14,16)/t9-,10+/m1/s1. The van der Waals surface area contributed by atoms with E-state index in [1.165, 1.54) is 0 Å². The lowest BCUT2D eigenvalue weighted by Gasteiger charge is -2.31. The number of primary amides is 2. The topological polar surface area (TPSA) is 105 Å². The second-order valence-corrected chi connectivity index (χ2v) is 4.07. The van der Waals surface area contributed by atoms with Gasteiger partial charge in [0.15, 0.2) is 6.10 Å². The number of hydrogen-bond donors (Lipinski definition) is 2. The molecule has 1 aromatic carbocycles. The van der Waals surface area contributed by atoms with Crippen molar-refractivity contribution < 1.29 is 19.1 Å². The maximum Gasteiger partial charge on any atom is 0.405 e. The zero-order chi connectivity index (χ0) is 13.1. The van der Waals surface area contributed by atoms with Crippen molar-refractivity contribution in [1.82, 2.24) is 0 Å². The zero-order valence-electron chi connectivity index (χ0n) is 9.67. The maximum absolute atomic E-state index is 10.9. The molecular weight excluding hydrogens is 236 g/mol. The van der Waals surface area contributed by atoms with Crippen molar-refractivity contribution in [3.63, 3.8) is 0 Å². The Bertz CT molecular complexity index is 475. The molecule has 0 bridgehead atoms. The highest BCUT2D eigenvalue weighted by Gasteiger charge is 2.34. The van der Waals surface area contributed by atoms with Crippen molar-refractivity contribution in [2.45, 2.75) is 25.0 Å². The third kappa shape index (κ3) is 2.53. The molecule has 1 aliphatic carbocycles. The summed E-state index contributed by atoms with van der Waals surface area (Å²) in [4.78, 5) is 21.8. The Hall–Kier alpha value is -2.24. The van der Waals surface area contributed by atoms with Crippen LogP contribution in [-0.2, 0) is 15.9 Å². The molecule has 0 spiro atoms. The summed E-state index contributed by atoms with van der Waals surface area (Å²) in [5.74, 6) is 0. The molecule has 6 nitrogen and oxygen atoms in total. The minimum Gasteiger partial charge on any atom is -0.442 e. The molecular formula is C12H14N2O4. The summed E-state index contributed by atoms with van der Waals surface area (Å²) in [7, 11) is 0. The number of fused-ring (bicyclic) bond motifs is 1. The Kier molecular flexibility index (Phi) is 3.36. The smallest absolute Gasteiger partial charge is 0.405 e. The molecule has 0 radical (unpaired) electrons. The fourth-order valence-electron chi connectivity index (χ4n) is 2.22. The molecule has 4 N–H and O–H groups in total. The Balaban J connectivity index is 2.30. The average molecular weight is 250 g/mol. The van der Waals surface area contributed by atoms with Gasteiger partial charge >= 0.3 is 12.2 Å². The van der Waals surface area contributed by atoms with Gasteiger partial charge in [-0.15, -0.1) is 0 Å². The monoisotopic (exact) mass is 250 g/mol. The van der Waals surface area contributed by atoms with E-state index in [9.17, 15) is 9.59 Å². The predicted octanol–water partition coefficient (Wildman–Crippen LogP) is 1.23. The number of hydrogen-bond acceptors (Lipinski definition) is 4. The highest BCUT2D eigenvalue weighted by Crippen LogP contribution is 2.34. The van der Waals surface area contributed by atoms with Crippen molar-refractivity contribution in [2.75, 3.05) is 0 Å². The van der Waals surface area contributed by atoms with Gasteiger partial charge in [-0.2, -0.15) is 0 Å². The number of ether oxygens (including phenoxy) is 2. The molecule has 0 heterocycles. The average Bonchev–Trinajstić information content (AvgIpc) is 2.31. The van der Waals surface area contributed by atoms with Crippen molar-refractivity contribution in [3.05, 3.63) is 35.4 Å². The fraction of sp³-hybridized carbons (Fsp3) is 0.333. The second kappa shape index (κ2) is 4.95. The van der Waals surface area contributed by atoms with Crippen molar-refractivity contribution in [2.24, 2.45) is 11.5 Å². The quantitative estimate of drug-likeness (QED) is 0.823. The Morgan fingerprint density at radius 1 is 1.11 bits per heavy atom. The van der Waals surface area contributed by atoms with E-state index in [-0.39, 0.29) is 0 Å². The summed E-state index contributed by atoms with van der Waals surface area (Å²) in [6, 6.07) is 7.48. The number of amides is 2. The lowest BCUT2D eigenvalue weighted by molar-refractivity contribution is -0.0142. The van der Waals surface area contributed by atoms with Crippen molar-refractivity contribution in [3.8, 4) is 0 Å². The lowest BCUT2D eigenvalue weighted by atomic mass is 9.87. The summed E-state index contributed by atoms with van der Waals surface area (Å²) in [5, 5.41) is 0. The van der Waals surface area contributed by atoms with Gasteiger partial charge in [-0.05, 0) is 24.0 Å². The van der Waals surface area contributed by atoms with Gasteiger partial charge in [0.2, 0.25) is 0 Å². The van der Waals surface area contributed by atoms with E-state index in [1.807, 2.05) is 24.3 Å². The molecule has 0 aromatic heterocycles. The highest BCUT2D eigenvalue weighted by molar-refractivity contribution is 5.66. The summed E-state index contributed by atoms with van der Waals surface area (Å²) < 4.78 is 10.0. The minimum atomic E-state index is -0.908. The van der Waals surface area contributed by atoms with Crippen LogP contribution in [0.5, 0.6) is 0 Å². The zero-order valence-corrected chi connectivity index (χ0v) is 9.67. The van der Waals surface area contributed by atoms with E-state index < -0.39 is 24.4 Å². The predicted molar refractivity (Wildman–Crippen MR) is 62.6 cm³/mol. The van der Waals surface area contributed by atoms with Gasteiger partial charge in [-0.1, -0.05) is 24.3 Å².